The van der Waals surface area contributed by atoms with Crippen molar-refractivity contribution in [2.45, 2.75) is 36.9 Å². The molecule has 0 fully saturated rings. The fourth-order valence-corrected chi connectivity index (χ4v) is 6.39. The number of amides is 1. The first-order valence-corrected chi connectivity index (χ1v) is 13.7. The van der Waals surface area contributed by atoms with Crippen LogP contribution in [-0.4, -0.2) is 16.1 Å². The molecule has 3 aromatic carbocycles. The average Bonchev–Trinajstić information content (AvgIpc) is 3.48. The Kier molecular flexibility index (Phi) is 5.93. The highest BCUT2D eigenvalue weighted by atomic mass is 32.2. The van der Waals surface area contributed by atoms with Gasteiger partial charge in [0, 0.05) is 5.75 Å². The lowest BCUT2D eigenvalue weighted by molar-refractivity contribution is 0.0970. The van der Waals surface area contributed by atoms with Gasteiger partial charge in [-0.2, -0.15) is 0 Å². The molecule has 0 saturated heterocycles. The van der Waals surface area contributed by atoms with Gasteiger partial charge in [-0.1, -0.05) is 83.3 Å². The third-order valence-corrected chi connectivity index (χ3v) is 8.81. The van der Waals surface area contributed by atoms with Crippen molar-refractivity contribution in [3.05, 3.63) is 116 Å². The topological polar surface area (TPSA) is 76.3 Å². The summed E-state index contributed by atoms with van der Waals surface area (Å²) in [7, 11) is 0. The predicted molar refractivity (Wildman–Crippen MR) is 148 cm³/mol. The minimum Gasteiger partial charge on any atom is -0.450 e. The zero-order chi connectivity index (χ0) is 25.7. The monoisotopic (exact) mass is 525 g/mol. The van der Waals surface area contributed by atoms with Crippen molar-refractivity contribution in [3.63, 3.8) is 0 Å². The minimum absolute atomic E-state index is 0.0695. The molecule has 37 heavy (non-hydrogen) atoms. The van der Waals surface area contributed by atoms with Gasteiger partial charge < -0.3 is 4.42 Å². The van der Waals surface area contributed by atoms with Crippen molar-refractivity contribution in [1.82, 2.24) is 10.2 Å². The zero-order valence-electron chi connectivity index (χ0n) is 20.5. The molecule has 1 aliphatic heterocycles. The molecule has 2 aromatic heterocycles. The van der Waals surface area contributed by atoms with Crippen molar-refractivity contribution in [2.75, 3.05) is 4.90 Å². The van der Waals surface area contributed by atoms with Crippen LogP contribution in [0.15, 0.2) is 80.3 Å². The van der Waals surface area contributed by atoms with Gasteiger partial charge >= 0.3 is 0 Å². The largest absolute Gasteiger partial charge is 0.450 e. The van der Waals surface area contributed by atoms with Crippen LogP contribution < -0.4 is 10.3 Å². The maximum atomic E-state index is 13.8. The maximum absolute atomic E-state index is 13.8. The summed E-state index contributed by atoms with van der Waals surface area (Å²) in [6, 6.07) is 21.0. The highest BCUT2D eigenvalue weighted by Crippen LogP contribution is 2.43. The van der Waals surface area contributed by atoms with E-state index in [0.717, 1.165) is 32.3 Å². The van der Waals surface area contributed by atoms with E-state index in [-0.39, 0.29) is 17.1 Å². The molecule has 8 heteroatoms. The SMILES string of the molecule is Cc1ccc(C2c3c(oc4cc(C)c(C)cc4c3=O)C(=O)N2c2nnc(SCc3ccccc3)s2)cc1. The second kappa shape index (κ2) is 9.28. The Hall–Kier alpha value is -3.75. The van der Waals surface area contributed by atoms with Gasteiger partial charge in [-0.25, -0.2) is 0 Å². The van der Waals surface area contributed by atoms with Crippen LogP contribution in [0.4, 0.5) is 5.13 Å². The molecule has 1 unspecified atom stereocenters. The van der Waals surface area contributed by atoms with E-state index in [1.165, 1.54) is 16.9 Å². The molecule has 0 saturated carbocycles. The lowest BCUT2D eigenvalue weighted by Crippen LogP contribution is -2.29. The number of fused-ring (bicyclic) bond motifs is 2. The highest BCUT2D eigenvalue weighted by molar-refractivity contribution is 8.00. The van der Waals surface area contributed by atoms with Gasteiger partial charge in [0.25, 0.3) is 5.91 Å². The Morgan fingerprint density at radius 1 is 0.946 bits per heavy atom. The smallest absolute Gasteiger partial charge is 0.297 e. The van der Waals surface area contributed by atoms with Gasteiger partial charge in [0.2, 0.25) is 10.9 Å². The van der Waals surface area contributed by atoms with E-state index in [1.807, 2.05) is 75.4 Å². The summed E-state index contributed by atoms with van der Waals surface area (Å²) in [5.41, 5.74) is 5.66. The molecule has 1 aliphatic rings. The first-order valence-electron chi connectivity index (χ1n) is 11.9. The minimum atomic E-state index is -0.648. The Labute approximate surface area is 222 Å². The fourth-order valence-electron chi connectivity index (χ4n) is 4.57. The van der Waals surface area contributed by atoms with E-state index < -0.39 is 6.04 Å². The Morgan fingerprint density at radius 3 is 2.43 bits per heavy atom. The summed E-state index contributed by atoms with van der Waals surface area (Å²) < 4.78 is 6.88. The molecular weight excluding hydrogens is 502 g/mol. The van der Waals surface area contributed by atoms with E-state index in [9.17, 15) is 9.59 Å². The fraction of sp³-hybridized carbons (Fsp3) is 0.172. The molecule has 6 rings (SSSR count). The molecule has 6 nitrogen and oxygen atoms in total. The van der Waals surface area contributed by atoms with Crippen LogP contribution in [0.2, 0.25) is 0 Å². The number of carbonyl (C=O) groups is 1. The molecule has 0 N–H and O–H groups in total. The number of anilines is 1. The molecule has 1 amide bonds. The quantitative estimate of drug-likeness (QED) is 0.190. The lowest BCUT2D eigenvalue weighted by Gasteiger charge is -2.22. The van der Waals surface area contributed by atoms with Gasteiger partial charge in [0.15, 0.2) is 9.77 Å². The van der Waals surface area contributed by atoms with Crippen molar-refractivity contribution in [3.8, 4) is 0 Å². The Morgan fingerprint density at radius 2 is 1.68 bits per heavy atom. The number of aromatic nitrogens is 2. The summed E-state index contributed by atoms with van der Waals surface area (Å²) >= 11 is 2.91. The van der Waals surface area contributed by atoms with Crippen molar-refractivity contribution < 1.29 is 9.21 Å². The second-order valence-electron chi connectivity index (χ2n) is 9.22. The summed E-state index contributed by atoms with van der Waals surface area (Å²) in [5, 5.41) is 9.63. The third-order valence-electron chi connectivity index (χ3n) is 6.69. The van der Waals surface area contributed by atoms with Gasteiger partial charge in [-0.05, 0) is 55.2 Å². The number of aryl methyl sites for hydroxylation is 3. The molecule has 0 radical (unpaired) electrons. The van der Waals surface area contributed by atoms with E-state index in [2.05, 4.69) is 22.3 Å². The third kappa shape index (κ3) is 4.16. The van der Waals surface area contributed by atoms with Gasteiger partial charge in [-0.15, -0.1) is 10.2 Å². The molecule has 3 heterocycles. The van der Waals surface area contributed by atoms with Crippen LogP contribution in [0.5, 0.6) is 0 Å². The highest BCUT2D eigenvalue weighted by Gasteiger charge is 2.45. The molecule has 5 aromatic rings. The van der Waals surface area contributed by atoms with Crippen LogP contribution in [0.1, 0.15) is 50.0 Å². The van der Waals surface area contributed by atoms with Crippen LogP contribution in [-0.2, 0) is 5.75 Å². The number of nitrogens with zero attached hydrogens (tertiary/aromatic N) is 3. The maximum Gasteiger partial charge on any atom is 0.297 e. The summed E-state index contributed by atoms with van der Waals surface area (Å²) in [5.74, 6) is 0.434. The molecule has 0 spiro atoms. The molecule has 184 valence electrons. The van der Waals surface area contributed by atoms with Crippen molar-refractivity contribution in [2.24, 2.45) is 0 Å². The number of hydrogen-bond donors (Lipinski definition) is 0. The number of thioether (sulfide) groups is 1. The van der Waals surface area contributed by atoms with Gasteiger partial charge in [0.1, 0.15) is 5.58 Å². The van der Waals surface area contributed by atoms with Crippen LogP contribution in [0.3, 0.4) is 0 Å². The summed E-state index contributed by atoms with van der Waals surface area (Å²) in [6.45, 7) is 5.93. The number of benzene rings is 3. The van der Waals surface area contributed by atoms with Gasteiger partial charge in [-0.3, -0.25) is 14.5 Å². The lowest BCUT2D eigenvalue weighted by atomic mass is 9.97. The zero-order valence-corrected chi connectivity index (χ0v) is 22.2. The van der Waals surface area contributed by atoms with Crippen LogP contribution >= 0.6 is 23.1 Å². The second-order valence-corrected chi connectivity index (χ2v) is 11.4. The van der Waals surface area contributed by atoms with E-state index in [0.29, 0.717) is 21.7 Å². The summed E-state index contributed by atoms with van der Waals surface area (Å²) in [6.07, 6.45) is 0. The van der Waals surface area contributed by atoms with E-state index in [4.69, 9.17) is 4.42 Å². The predicted octanol–water partition coefficient (Wildman–Crippen LogP) is 6.61. The molecule has 0 bridgehead atoms. The van der Waals surface area contributed by atoms with E-state index in [1.54, 1.807) is 16.7 Å². The van der Waals surface area contributed by atoms with Crippen LogP contribution in [0.25, 0.3) is 11.0 Å². The number of rotatable bonds is 5. The first kappa shape index (κ1) is 23.6. The van der Waals surface area contributed by atoms with Crippen molar-refractivity contribution >= 4 is 45.1 Å². The van der Waals surface area contributed by atoms with E-state index >= 15 is 0 Å². The number of hydrogen-bond acceptors (Lipinski definition) is 7. The first-order chi connectivity index (χ1) is 17.9. The Balaban J connectivity index is 1.46. The van der Waals surface area contributed by atoms with Gasteiger partial charge in [0.05, 0.1) is 17.0 Å². The molecule has 1 atom stereocenters. The summed E-state index contributed by atoms with van der Waals surface area (Å²) in [4.78, 5) is 29.2. The molecular formula is C29H23N3O3S2. The normalized spacial score (nSPS) is 14.9. The number of carbonyl (C=O) groups excluding carboxylic acids is 1. The average molecular weight is 526 g/mol. The van der Waals surface area contributed by atoms with Crippen LogP contribution in [0, 0.1) is 20.8 Å². The Bertz CT molecular complexity index is 1710. The molecule has 0 aliphatic carbocycles. The standard InChI is InChI=1S/C29H23N3O3S2/c1-16-9-11-20(12-10-16)24-23-25(33)21-13-17(2)18(3)14-22(21)35-26(23)27(34)32(24)28-30-31-29(37-28)36-15-19-7-5-4-6-8-19/h4-14,24H,15H2,1-3H3. The van der Waals surface area contributed by atoms with Crippen molar-refractivity contribution in [1.29, 1.82) is 0 Å².